The normalized spacial score (nSPS) is 20.0. The molecule has 5 nitrogen and oxygen atoms in total. The Kier molecular flexibility index (Phi) is 6.12. The number of likely N-dealkylation sites (tertiary alicyclic amines) is 1. The van der Waals surface area contributed by atoms with Gasteiger partial charge in [0.05, 0.1) is 11.4 Å². The van der Waals surface area contributed by atoms with Gasteiger partial charge in [0.2, 0.25) is 15.9 Å². The third-order valence-electron chi connectivity index (χ3n) is 5.33. The number of carbonyl (C=O) groups is 1. The van der Waals surface area contributed by atoms with Crippen molar-refractivity contribution >= 4 is 15.9 Å². The molecule has 25 heavy (non-hydrogen) atoms. The standard InChI is InChI=1S/C19H28N2O3S/c22-19(20-14-8-3-9-15-20)16-21(17-10-4-1-5-11-17)25(23,24)18-12-6-2-7-13-18/h2,6-7,12-13,17H,1,3-5,8-11,14-16H2. The third kappa shape index (κ3) is 4.42. The molecule has 138 valence electrons. The molecule has 1 aromatic rings. The maximum atomic E-state index is 13.2. The van der Waals surface area contributed by atoms with Crippen LogP contribution in [0.4, 0.5) is 0 Å². The van der Waals surface area contributed by atoms with Crippen molar-refractivity contribution in [2.24, 2.45) is 0 Å². The number of hydrogen-bond acceptors (Lipinski definition) is 3. The highest BCUT2D eigenvalue weighted by molar-refractivity contribution is 7.89. The van der Waals surface area contributed by atoms with E-state index < -0.39 is 10.0 Å². The summed E-state index contributed by atoms with van der Waals surface area (Å²) in [6, 6.07) is 8.46. The van der Waals surface area contributed by atoms with E-state index in [4.69, 9.17) is 0 Å². The topological polar surface area (TPSA) is 57.7 Å². The van der Waals surface area contributed by atoms with Gasteiger partial charge in [-0.15, -0.1) is 0 Å². The molecule has 2 aliphatic rings. The summed E-state index contributed by atoms with van der Waals surface area (Å²) in [5.74, 6) is -0.0511. The van der Waals surface area contributed by atoms with E-state index >= 15 is 0 Å². The average molecular weight is 365 g/mol. The van der Waals surface area contributed by atoms with Crippen molar-refractivity contribution < 1.29 is 13.2 Å². The molecule has 0 unspecified atom stereocenters. The van der Waals surface area contributed by atoms with Crippen LogP contribution in [0.2, 0.25) is 0 Å². The van der Waals surface area contributed by atoms with Crippen LogP contribution in [0.5, 0.6) is 0 Å². The van der Waals surface area contributed by atoms with Gasteiger partial charge in [-0.05, 0) is 44.2 Å². The maximum absolute atomic E-state index is 13.2. The smallest absolute Gasteiger partial charge is 0.243 e. The van der Waals surface area contributed by atoms with Gasteiger partial charge in [0.25, 0.3) is 0 Å². The molecular formula is C19H28N2O3S. The zero-order valence-electron chi connectivity index (χ0n) is 14.8. The van der Waals surface area contributed by atoms with Gasteiger partial charge < -0.3 is 4.90 Å². The highest BCUT2D eigenvalue weighted by atomic mass is 32.2. The fourth-order valence-electron chi connectivity index (χ4n) is 3.88. The molecule has 0 aromatic heterocycles. The fraction of sp³-hybridized carbons (Fsp3) is 0.632. The monoisotopic (exact) mass is 364 g/mol. The van der Waals surface area contributed by atoms with Crippen LogP contribution in [0, 0.1) is 0 Å². The van der Waals surface area contributed by atoms with Crippen LogP contribution >= 0.6 is 0 Å². The van der Waals surface area contributed by atoms with Gasteiger partial charge in [0.15, 0.2) is 0 Å². The molecule has 1 aliphatic carbocycles. The minimum atomic E-state index is -3.65. The predicted molar refractivity (Wildman–Crippen MR) is 97.6 cm³/mol. The molecule has 0 bridgehead atoms. The van der Waals surface area contributed by atoms with Crippen LogP contribution in [0.25, 0.3) is 0 Å². The quantitative estimate of drug-likeness (QED) is 0.807. The number of hydrogen-bond donors (Lipinski definition) is 0. The summed E-state index contributed by atoms with van der Waals surface area (Å²) in [7, 11) is -3.65. The SMILES string of the molecule is O=C(CN(C1CCCCC1)S(=O)(=O)c1ccccc1)N1CCCCC1. The van der Waals surface area contributed by atoms with Crippen molar-refractivity contribution in [3.8, 4) is 0 Å². The van der Waals surface area contributed by atoms with Crippen molar-refractivity contribution in [3.05, 3.63) is 30.3 Å². The lowest BCUT2D eigenvalue weighted by atomic mass is 9.95. The molecule has 6 heteroatoms. The van der Waals surface area contributed by atoms with Crippen LogP contribution in [0.15, 0.2) is 35.2 Å². The van der Waals surface area contributed by atoms with Crippen molar-refractivity contribution in [1.29, 1.82) is 0 Å². The Morgan fingerprint density at radius 3 is 2.20 bits per heavy atom. The summed E-state index contributed by atoms with van der Waals surface area (Å²) >= 11 is 0. The molecule has 0 spiro atoms. The number of rotatable bonds is 5. The number of amides is 1. The first-order valence-corrected chi connectivity index (χ1v) is 10.9. The largest absolute Gasteiger partial charge is 0.342 e. The van der Waals surface area contributed by atoms with Crippen molar-refractivity contribution in [3.63, 3.8) is 0 Å². The predicted octanol–water partition coefficient (Wildman–Crippen LogP) is 3.02. The second-order valence-corrected chi connectivity index (χ2v) is 8.99. The second-order valence-electron chi connectivity index (χ2n) is 7.10. The maximum Gasteiger partial charge on any atom is 0.243 e. The Bertz CT molecular complexity index is 663. The molecule has 2 fully saturated rings. The van der Waals surface area contributed by atoms with E-state index in [0.29, 0.717) is 0 Å². The number of benzene rings is 1. The lowest BCUT2D eigenvalue weighted by molar-refractivity contribution is -0.132. The van der Waals surface area contributed by atoms with Gasteiger partial charge in [0.1, 0.15) is 0 Å². The van der Waals surface area contributed by atoms with E-state index in [2.05, 4.69) is 0 Å². The Labute approximate surface area is 151 Å². The molecular weight excluding hydrogens is 336 g/mol. The summed E-state index contributed by atoms with van der Waals surface area (Å²) < 4.78 is 27.9. The lowest BCUT2D eigenvalue weighted by Crippen LogP contribution is -2.49. The molecule has 1 amide bonds. The summed E-state index contributed by atoms with van der Waals surface area (Å²) in [6.45, 7) is 1.48. The van der Waals surface area contributed by atoms with Crippen LogP contribution in [0.1, 0.15) is 51.4 Å². The van der Waals surface area contributed by atoms with E-state index in [1.165, 1.54) is 4.31 Å². The summed E-state index contributed by atoms with van der Waals surface area (Å²) in [4.78, 5) is 14.9. The van der Waals surface area contributed by atoms with Crippen molar-refractivity contribution in [2.45, 2.75) is 62.3 Å². The molecule has 1 saturated carbocycles. The van der Waals surface area contributed by atoms with Crippen LogP contribution in [0.3, 0.4) is 0 Å². The highest BCUT2D eigenvalue weighted by Gasteiger charge is 2.35. The van der Waals surface area contributed by atoms with Gasteiger partial charge >= 0.3 is 0 Å². The summed E-state index contributed by atoms with van der Waals surface area (Å²) in [6.07, 6.45) is 8.08. The molecule has 0 N–H and O–H groups in total. The minimum Gasteiger partial charge on any atom is -0.342 e. The van der Waals surface area contributed by atoms with E-state index in [1.807, 2.05) is 11.0 Å². The molecule has 1 saturated heterocycles. The Morgan fingerprint density at radius 1 is 0.960 bits per heavy atom. The Morgan fingerprint density at radius 2 is 1.56 bits per heavy atom. The van der Waals surface area contributed by atoms with Gasteiger partial charge in [-0.2, -0.15) is 4.31 Å². The first-order chi connectivity index (χ1) is 12.1. The van der Waals surface area contributed by atoms with Crippen LogP contribution in [-0.4, -0.2) is 49.2 Å². The van der Waals surface area contributed by atoms with Gasteiger partial charge in [0, 0.05) is 19.1 Å². The van der Waals surface area contributed by atoms with Gasteiger partial charge in [-0.25, -0.2) is 8.42 Å². The number of piperidine rings is 1. The molecule has 0 radical (unpaired) electrons. The number of nitrogens with zero attached hydrogens (tertiary/aromatic N) is 2. The fourth-order valence-corrected chi connectivity index (χ4v) is 5.54. The summed E-state index contributed by atoms with van der Waals surface area (Å²) in [5, 5.41) is 0. The van der Waals surface area contributed by atoms with Crippen molar-refractivity contribution in [1.82, 2.24) is 9.21 Å². The third-order valence-corrected chi connectivity index (χ3v) is 7.24. The zero-order chi connectivity index (χ0) is 17.7. The van der Waals surface area contributed by atoms with E-state index in [-0.39, 0.29) is 23.4 Å². The zero-order valence-corrected chi connectivity index (χ0v) is 15.6. The molecule has 1 heterocycles. The molecule has 1 aromatic carbocycles. The van der Waals surface area contributed by atoms with Crippen LogP contribution in [-0.2, 0) is 14.8 Å². The summed E-state index contributed by atoms with van der Waals surface area (Å²) in [5.41, 5.74) is 0. The Balaban J connectivity index is 1.83. The van der Waals surface area contributed by atoms with E-state index in [1.54, 1.807) is 24.3 Å². The second kappa shape index (κ2) is 8.32. The van der Waals surface area contributed by atoms with Gasteiger partial charge in [-0.1, -0.05) is 37.5 Å². The molecule has 0 atom stereocenters. The molecule has 1 aliphatic heterocycles. The highest BCUT2D eigenvalue weighted by Crippen LogP contribution is 2.28. The van der Waals surface area contributed by atoms with Gasteiger partial charge in [-0.3, -0.25) is 4.79 Å². The van der Waals surface area contributed by atoms with Crippen LogP contribution < -0.4 is 0 Å². The van der Waals surface area contributed by atoms with Crippen molar-refractivity contribution in [2.75, 3.05) is 19.6 Å². The minimum absolute atomic E-state index is 0.0259. The Hall–Kier alpha value is -1.40. The first-order valence-electron chi connectivity index (χ1n) is 9.44. The van der Waals surface area contributed by atoms with E-state index in [0.717, 1.165) is 64.5 Å². The number of carbonyl (C=O) groups excluding carboxylic acids is 1. The lowest BCUT2D eigenvalue weighted by Gasteiger charge is -2.35. The van der Waals surface area contributed by atoms with E-state index in [9.17, 15) is 13.2 Å². The average Bonchev–Trinajstić information content (AvgIpc) is 2.68. The first kappa shape index (κ1) is 18.4. The number of sulfonamides is 1. The molecule has 3 rings (SSSR count).